The van der Waals surface area contributed by atoms with Crippen molar-refractivity contribution in [2.45, 2.75) is 5.41 Å². The summed E-state index contributed by atoms with van der Waals surface area (Å²) in [6.45, 7) is 0. The van der Waals surface area contributed by atoms with Crippen LogP contribution in [0.5, 0.6) is 0 Å². The van der Waals surface area contributed by atoms with E-state index in [1.807, 2.05) is 18.2 Å². The maximum atomic E-state index is 6.40. The van der Waals surface area contributed by atoms with Crippen molar-refractivity contribution in [1.82, 2.24) is 0 Å². The summed E-state index contributed by atoms with van der Waals surface area (Å²) in [7, 11) is 0. The van der Waals surface area contributed by atoms with Crippen molar-refractivity contribution in [3.8, 4) is 33.4 Å². The largest absolute Gasteiger partial charge is 0.399 e. The van der Waals surface area contributed by atoms with Crippen LogP contribution in [0.1, 0.15) is 22.3 Å². The van der Waals surface area contributed by atoms with Gasteiger partial charge in [0, 0.05) is 16.9 Å². The first-order valence-electron chi connectivity index (χ1n) is 11.3. The van der Waals surface area contributed by atoms with Crippen molar-refractivity contribution < 1.29 is 0 Å². The van der Waals surface area contributed by atoms with Crippen LogP contribution in [0.25, 0.3) is 33.4 Å². The smallest absolute Gasteiger partial charge is 0.0725 e. The molecular formula is C31H22N2. The summed E-state index contributed by atoms with van der Waals surface area (Å²) < 4.78 is 0. The zero-order valence-electron chi connectivity index (χ0n) is 18.0. The minimum absolute atomic E-state index is 0.336. The summed E-state index contributed by atoms with van der Waals surface area (Å²) in [6.07, 6.45) is 0. The van der Waals surface area contributed by atoms with Gasteiger partial charge in [-0.15, -0.1) is 0 Å². The summed E-state index contributed by atoms with van der Waals surface area (Å²) in [5, 5.41) is 0. The highest BCUT2D eigenvalue weighted by Gasteiger charge is 2.51. The molecule has 0 amide bonds. The third kappa shape index (κ3) is 2.22. The first kappa shape index (κ1) is 18.3. The predicted octanol–water partition coefficient (Wildman–Crippen LogP) is 6.86. The van der Waals surface area contributed by atoms with Crippen molar-refractivity contribution in [3.63, 3.8) is 0 Å². The second kappa shape index (κ2) is 6.36. The minimum Gasteiger partial charge on any atom is -0.399 e. The van der Waals surface area contributed by atoms with Gasteiger partial charge in [0.15, 0.2) is 0 Å². The van der Waals surface area contributed by atoms with Crippen molar-refractivity contribution >= 4 is 11.4 Å². The maximum Gasteiger partial charge on any atom is 0.0725 e. The molecular weight excluding hydrogens is 400 g/mol. The molecule has 5 aromatic carbocycles. The SMILES string of the molecule is Nc1ccc(-c2ccc3c(c2)C2(c4ccccc4-c4ccccc42)c2ccccc2-3)c(N)c1. The van der Waals surface area contributed by atoms with Crippen LogP contribution in [0.15, 0.2) is 109 Å². The van der Waals surface area contributed by atoms with E-state index in [9.17, 15) is 0 Å². The van der Waals surface area contributed by atoms with Gasteiger partial charge in [-0.1, -0.05) is 91.0 Å². The van der Waals surface area contributed by atoms with E-state index in [-0.39, 0.29) is 5.41 Å². The van der Waals surface area contributed by atoms with Gasteiger partial charge < -0.3 is 11.5 Å². The molecule has 2 nitrogen and oxygen atoms in total. The highest BCUT2D eigenvalue weighted by molar-refractivity contribution is 5.96. The lowest BCUT2D eigenvalue weighted by Crippen LogP contribution is -2.25. The fourth-order valence-electron chi connectivity index (χ4n) is 6.11. The number of nitrogen functional groups attached to an aromatic ring is 2. The molecule has 0 saturated carbocycles. The van der Waals surface area contributed by atoms with E-state index in [0.717, 1.165) is 11.1 Å². The Morgan fingerprint density at radius 1 is 0.424 bits per heavy atom. The summed E-state index contributed by atoms with van der Waals surface area (Å²) in [4.78, 5) is 0. The molecule has 1 spiro atoms. The molecule has 156 valence electrons. The van der Waals surface area contributed by atoms with Gasteiger partial charge in [0.1, 0.15) is 0 Å². The van der Waals surface area contributed by atoms with E-state index < -0.39 is 0 Å². The molecule has 5 aromatic rings. The quantitative estimate of drug-likeness (QED) is 0.284. The maximum absolute atomic E-state index is 6.40. The first-order chi connectivity index (χ1) is 16.2. The van der Waals surface area contributed by atoms with Crippen LogP contribution in [0, 0.1) is 0 Å². The Kier molecular flexibility index (Phi) is 3.53. The first-order valence-corrected chi connectivity index (χ1v) is 11.3. The molecule has 0 aromatic heterocycles. The van der Waals surface area contributed by atoms with E-state index in [1.165, 1.54) is 44.5 Å². The van der Waals surface area contributed by atoms with Crippen LogP contribution in [0.4, 0.5) is 11.4 Å². The summed E-state index contributed by atoms with van der Waals surface area (Å²) in [5.74, 6) is 0. The number of benzene rings is 5. The molecule has 33 heavy (non-hydrogen) atoms. The Bertz CT molecular complexity index is 1530. The zero-order valence-corrected chi connectivity index (χ0v) is 18.0. The van der Waals surface area contributed by atoms with Crippen LogP contribution in [0.3, 0.4) is 0 Å². The van der Waals surface area contributed by atoms with E-state index in [1.54, 1.807) is 0 Å². The van der Waals surface area contributed by atoms with Gasteiger partial charge in [-0.25, -0.2) is 0 Å². The van der Waals surface area contributed by atoms with Crippen LogP contribution >= 0.6 is 0 Å². The number of fused-ring (bicyclic) bond motifs is 10. The van der Waals surface area contributed by atoms with Gasteiger partial charge in [-0.3, -0.25) is 0 Å². The fraction of sp³-hybridized carbons (Fsp3) is 0.0323. The highest BCUT2D eigenvalue weighted by atomic mass is 14.6. The number of nitrogens with two attached hydrogens (primary N) is 2. The van der Waals surface area contributed by atoms with E-state index in [4.69, 9.17) is 11.5 Å². The van der Waals surface area contributed by atoms with E-state index in [0.29, 0.717) is 11.4 Å². The molecule has 0 heterocycles. The molecule has 0 radical (unpaired) electrons. The fourth-order valence-corrected chi connectivity index (χ4v) is 6.11. The van der Waals surface area contributed by atoms with Gasteiger partial charge in [-0.2, -0.15) is 0 Å². The van der Waals surface area contributed by atoms with Crippen molar-refractivity contribution in [2.24, 2.45) is 0 Å². The van der Waals surface area contributed by atoms with Gasteiger partial charge in [0.25, 0.3) is 0 Å². The Labute approximate surface area is 193 Å². The van der Waals surface area contributed by atoms with Crippen LogP contribution in [0.2, 0.25) is 0 Å². The Balaban J connectivity index is 1.61. The summed E-state index contributed by atoms with van der Waals surface area (Å²) in [6, 6.07) is 39.1. The average Bonchev–Trinajstić information content (AvgIpc) is 3.31. The van der Waals surface area contributed by atoms with Crippen LogP contribution in [-0.2, 0) is 5.41 Å². The second-order valence-corrected chi connectivity index (χ2v) is 8.99. The molecule has 0 unspecified atom stereocenters. The lowest BCUT2D eigenvalue weighted by atomic mass is 9.70. The van der Waals surface area contributed by atoms with E-state index in [2.05, 4.69) is 91.0 Å². The molecule has 0 atom stereocenters. The predicted molar refractivity (Wildman–Crippen MR) is 137 cm³/mol. The summed E-state index contributed by atoms with van der Waals surface area (Å²) in [5.41, 5.74) is 26.1. The number of rotatable bonds is 1. The molecule has 7 rings (SSSR count). The molecule has 0 aliphatic heterocycles. The molecule has 0 bridgehead atoms. The standard InChI is InChI=1S/C31H22N2/c32-20-14-16-21(30(33)18-20)19-13-15-25-24-9-3-6-12-28(24)31(29(25)17-19)26-10-4-1-7-22(26)23-8-2-5-11-27(23)31/h1-18H,32-33H2. The van der Waals surface area contributed by atoms with Crippen LogP contribution < -0.4 is 11.5 Å². The van der Waals surface area contributed by atoms with Gasteiger partial charge in [-0.05, 0) is 68.3 Å². The monoisotopic (exact) mass is 422 g/mol. The molecule has 2 heteroatoms. The Morgan fingerprint density at radius 3 is 1.45 bits per heavy atom. The molecule has 2 aliphatic carbocycles. The topological polar surface area (TPSA) is 52.0 Å². The summed E-state index contributed by atoms with van der Waals surface area (Å²) >= 11 is 0. The lowest BCUT2D eigenvalue weighted by molar-refractivity contribution is 0.794. The number of hydrogen-bond acceptors (Lipinski definition) is 2. The second-order valence-electron chi connectivity index (χ2n) is 8.99. The Hall–Kier alpha value is -4.30. The molecule has 0 fully saturated rings. The third-order valence-electron chi connectivity index (χ3n) is 7.38. The van der Waals surface area contributed by atoms with Crippen LogP contribution in [-0.4, -0.2) is 0 Å². The third-order valence-corrected chi connectivity index (χ3v) is 7.38. The molecule has 2 aliphatic rings. The molecule has 4 N–H and O–H groups in total. The number of anilines is 2. The molecule has 0 saturated heterocycles. The zero-order chi connectivity index (χ0) is 22.2. The van der Waals surface area contributed by atoms with E-state index >= 15 is 0 Å². The number of hydrogen-bond donors (Lipinski definition) is 2. The highest BCUT2D eigenvalue weighted by Crippen LogP contribution is 2.62. The van der Waals surface area contributed by atoms with Gasteiger partial charge >= 0.3 is 0 Å². The minimum atomic E-state index is -0.336. The van der Waals surface area contributed by atoms with Gasteiger partial charge in [0.2, 0.25) is 0 Å². The Morgan fingerprint density at radius 2 is 0.909 bits per heavy atom. The normalized spacial score (nSPS) is 13.9. The van der Waals surface area contributed by atoms with Crippen molar-refractivity contribution in [1.29, 1.82) is 0 Å². The average molecular weight is 423 g/mol. The van der Waals surface area contributed by atoms with Crippen molar-refractivity contribution in [2.75, 3.05) is 11.5 Å². The van der Waals surface area contributed by atoms with Crippen molar-refractivity contribution in [3.05, 3.63) is 131 Å². The van der Waals surface area contributed by atoms with Gasteiger partial charge in [0.05, 0.1) is 5.41 Å². The lowest BCUT2D eigenvalue weighted by Gasteiger charge is -2.30.